The molecular formula is C13H14N2OS2. The van der Waals surface area contributed by atoms with Gasteiger partial charge < -0.3 is 4.74 Å². The third kappa shape index (κ3) is 3.34. The Balaban J connectivity index is 1.91. The van der Waals surface area contributed by atoms with Gasteiger partial charge in [0.05, 0.1) is 12.0 Å². The summed E-state index contributed by atoms with van der Waals surface area (Å²) in [6.07, 6.45) is 3.05. The van der Waals surface area contributed by atoms with Crippen LogP contribution < -0.4 is 0 Å². The summed E-state index contributed by atoms with van der Waals surface area (Å²) in [6, 6.07) is 10.5. The van der Waals surface area contributed by atoms with E-state index in [4.69, 9.17) is 17.0 Å². The molecule has 1 aromatic heterocycles. The number of methoxy groups -OCH3 is 1. The lowest BCUT2D eigenvalue weighted by Crippen LogP contribution is -2.03. The maximum Gasteiger partial charge on any atom is 0.213 e. The van der Waals surface area contributed by atoms with Crippen molar-refractivity contribution in [3.8, 4) is 0 Å². The van der Waals surface area contributed by atoms with E-state index >= 15 is 0 Å². The number of ether oxygens (including phenoxy) is 1. The number of rotatable bonds is 5. The minimum Gasteiger partial charge on any atom is -0.485 e. The molecule has 1 aromatic carbocycles. The molecule has 0 atom stereocenters. The maximum atomic E-state index is 5.09. The molecule has 0 aliphatic heterocycles. The lowest BCUT2D eigenvalue weighted by Gasteiger charge is -2.02. The summed E-state index contributed by atoms with van der Waals surface area (Å²) in [5.74, 6) is 0. The Morgan fingerprint density at radius 3 is 2.78 bits per heavy atom. The summed E-state index contributed by atoms with van der Waals surface area (Å²) in [5, 5.41) is 4.44. The molecule has 3 nitrogen and oxygen atoms in total. The molecule has 2 aromatic rings. The van der Waals surface area contributed by atoms with Gasteiger partial charge in [-0.05, 0) is 48.6 Å². The van der Waals surface area contributed by atoms with Crippen LogP contribution in [0.3, 0.4) is 0 Å². The van der Waals surface area contributed by atoms with E-state index in [0.717, 1.165) is 29.8 Å². The Hall–Kier alpha value is -1.33. The van der Waals surface area contributed by atoms with Crippen molar-refractivity contribution in [3.05, 3.63) is 46.5 Å². The summed E-state index contributed by atoms with van der Waals surface area (Å²) in [5.41, 5.74) is 2.08. The van der Waals surface area contributed by atoms with Crippen molar-refractivity contribution in [3.63, 3.8) is 0 Å². The SMILES string of the molecule is COC(=S)c1nnsc1CCCc1ccccc1. The first-order valence-corrected chi connectivity index (χ1v) is 6.93. The average molecular weight is 278 g/mol. The molecule has 5 heteroatoms. The van der Waals surface area contributed by atoms with Crippen LogP contribution in [0, 0.1) is 0 Å². The highest BCUT2D eigenvalue weighted by Gasteiger charge is 2.12. The molecule has 0 spiro atoms. The number of hydrogen-bond acceptors (Lipinski definition) is 5. The van der Waals surface area contributed by atoms with Crippen LogP contribution in [-0.2, 0) is 17.6 Å². The molecular weight excluding hydrogens is 264 g/mol. The predicted octanol–water partition coefficient (Wildman–Crippen LogP) is 3.04. The van der Waals surface area contributed by atoms with E-state index in [1.807, 2.05) is 6.07 Å². The van der Waals surface area contributed by atoms with Gasteiger partial charge >= 0.3 is 0 Å². The molecule has 0 bridgehead atoms. The second-order valence-electron chi connectivity index (χ2n) is 3.88. The van der Waals surface area contributed by atoms with Crippen LogP contribution in [0.15, 0.2) is 30.3 Å². The van der Waals surface area contributed by atoms with Crippen LogP contribution in [0.25, 0.3) is 0 Å². The number of nitrogens with zero attached hydrogens (tertiary/aromatic N) is 2. The normalized spacial score (nSPS) is 10.3. The quantitative estimate of drug-likeness (QED) is 0.787. The van der Waals surface area contributed by atoms with Gasteiger partial charge in [-0.3, -0.25) is 0 Å². The first kappa shape index (κ1) is 13.1. The Labute approximate surface area is 116 Å². The van der Waals surface area contributed by atoms with Gasteiger partial charge in [-0.15, -0.1) is 5.10 Å². The van der Waals surface area contributed by atoms with Crippen LogP contribution in [0.1, 0.15) is 22.6 Å². The van der Waals surface area contributed by atoms with Crippen LogP contribution in [-0.4, -0.2) is 21.7 Å². The standard InChI is InChI=1S/C13H14N2OS2/c1-16-13(17)12-11(18-15-14-12)9-5-8-10-6-3-2-4-7-10/h2-4,6-7H,5,8-9H2,1H3. The molecule has 0 aliphatic carbocycles. The van der Waals surface area contributed by atoms with Crippen molar-refractivity contribution in [2.45, 2.75) is 19.3 Å². The van der Waals surface area contributed by atoms with Crippen molar-refractivity contribution in [1.82, 2.24) is 9.59 Å². The van der Waals surface area contributed by atoms with Gasteiger partial charge in [0.15, 0.2) is 5.69 Å². The Bertz CT molecular complexity index is 511. The molecule has 0 aliphatic rings. The number of aryl methyl sites for hydroxylation is 2. The zero-order valence-electron chi connectivity index (χ0n) is 10.1. The number of aromatic nitrogens is 2. The van der Waals surface area contributed by atoms with Crippen LogP contribution >= 0.6 is 23.8 Å². The third-order valence-electron chi connectivity index (χ3n) is 2.65. The molecule has 1 heterocycles. The van der Waals surface area contributed by atoms with Crippen molar-refractivity contribution in [1.29, 1.82) is 0 Å². The summed E-state index contributed by atoms with van der Waals surface area (Å²) >= 11 is 6.49. The lowest BCUT2D eigenvalue weighted by atomic mass is 10.1. The smallest absolute Gasteiger partial charge is 0.213 e. The predicted molar refractivity (Wildman–Crippen MR) is 77.1 cm³/mol. The second kappa shape index (κ2) is 6.56. The summed E-state index contributed by atoms with van der Waals surface area (Å²) in [7, 11) is 1.56. The van der Waals surface area contributed by atoms with E-state index in [-0.39, 0.29) is 0 Å². The largest absolute Gasteiger partial charge is 0.485 e. The minimum atomic E-state index is 0.429. The van der Waals surface area contributed by atoms with E-state index in [0.29, 0.717) is 5.05 Å². The fourth-order valence-corrected chi connectivity index (χ4v) is 2.63. The molecule has 0 fully saturated rings. The van der Waals surface area contributed by atoms with E-state index in [1.165, 1.54) is 17.1 Å². The first-order valence-electron chi connectivity index (χ1n) is 5.74. The molecule has 0 saturated carbocycles. The van der Waals surface area contributed by atoms with Crippen molar-refractivity contribution in [2.24, 2.45) is 0 Å². The van der Waals surface area contributed by atoms with E-state index in [9.17, 15) is 0 Å². The van der Waals surface area contributed by atoms with E-state index in [1.54, 1.807) is 7.11 Å². The minimum absolute atomic E-state index is 0.429. The Kier molecular flexibility index (Phi) is 4.78. The number of benzene rings is 1. The van der Waals surface area contributed by atoms with E-state index in [2.05, 4.69) is 33.9 Å². The topological polar surface area (TPSA) is 35.0 Å². The van der Waals surface area contributed by atoms with Crippen LogP contribution in [0.4, 0.5) is 0 Å². The molecule has 0 N–H and O–H groups in total. The highest BCUT2D eigenvalue weighted by Crippen LogP contribution is 2.16. The summed E-state index contributed by atoms with van der Waals surface area (Å²) in [4.78, 5) is 1.11. The molecule has 94 valence electrons. The van der Waals surface area contributed by atoms with Crippen molar-refractivity contribution >= 4 is 28.8 Å². The molecule has 18 heavy (non-hydrogen) atoms. The Morgan fingerprint density at radius 2 is 2.06 bits per heavy atom. The fourth-order valence-electron chi connectivity index (χ4n) is 1.72. The van der Waals surface area contributed by atoms with Crippen LogP contribution in [0.2, 0.25) is 0 Å². The van der Waals surface area contributed by atoms with Gasteiger partial charge in [0.25, 0.3) is 0 Å². The first-order chi connectivity index (χ1) is 8.81. The zero-order chi connectivity index (χ0) is 12.8. The lowest BCUT2D eigenvalue weighted by molar-refractivity contribution is 0.414. The van der Waals surface area contributed by atoms with Gasteiger partial charge in [0.1, 0.15) is 0 Å². The third-order valence-corrected chi connectivity index (χ3v) is 3.79. The molecule has 0 amide bonds. The van der Waals surface area contributed by atoms with Gasteiger partial charge in [-0.1, -0.05) is 34.8 Å². The fraction of sp³-hybridized carbons (Fsp3) is 0.308. The van der Waals surface area contributed by atoms with Gasteiger partial charge in [-0.25, -0.2) is 0 Å². The molecule has 0 saturated heterocycles. The highest BCUT2D eigenvalue weighted by atomic mass is 32.1. The van der Waals surface area contributed by atoms with Crippen molar-refractivity contribution < 1.29 is 4.74 Å². The van der Waals surface area contributed by atoms with Gasteiger partial charge in [-0.2, -0.15) is 0 Å². The van der Waals surface area contributed by atoms with Crippen LogP contribution in [0.5, 0.6) is 0 Å². The molecule has 0 radical (unpaired) electrons. The maximum absolute atomic E-state index is 5.09. The highest BCUT2D eigenvalue weighted by molar-refractivity contribution is 7.80. The summed E-state index contributed by atoms with van der Waals surface area (Å²) in [6.45, 7) is 0. The monoisotopic (exact) mass is 278 g/mol. The van der Waals surface area contributed by atoms with E-state index < -0.39 is 0 Å². The van der Waals surface area contributed by atoms with Gasteiger partial charge in [0, 0.05) is 0 Å². The second-order valence-corrected chi connectivity index (χ2v) is 5.08. The zero-order valence-corrected chi connectivity index (χ0v) is 11.8. The number of hydrogen-bond donors (Lipinski definition) is 0. The Morgan fingerprint density at radius 1 is 1.28 bits per heavy atom. The molecule has 2 rings (SSSR count). The van der Waals surface area contributed by atoms with Gasteiger partial charge in [0.2, 0.25) is 5.05 Å². The number of thiocarbonyl (C=S) groups is 1. The summed E-state index contributed by atoms with van der Waals surface area (Å²) < 4.78 is 8.98. The average Bonchev–Trinajstić information content (AvgIpc) is 2.87. The van der Waals surface area contributed by atoms with Crippen molar-refractivity contribution in [2.75, 3.05) is 7.11 Å². The molecule has 0 unspecified atom stereocenters.